The number of hydrogen-bond acceptors (Lipinski definition) is 3. The maximum Gasteiger partial charge on any atom is 0.0724 e. The molecule has 0 spiro atoms. The zero-order chi connectivity index (χ0) is 12.8. The minimum absolute atomic E-state index is 0.538. The average Bonchev–Trinajstić information content (AvgIpc) is 2.78. The Morgan fingerprint density at radius 3 is 2.67 bits per heavy atom. The first-order chi connectivity index (χ1) is 8.70. The molecule has 1 heterocycles. The van der Waals surface area contributed by atoms with Crippen LogP contribution in [0.3, 0.4) is 0 Å². The molecule has 0 aliphatic heterocycles. The van der Waals surface area contributed by atoms with Gasteiger partial charge in [0.15, 0.2) is 0 Å². The molecule has 1 saturated carbocycles. The van der Waals surface area contributed by atoms with E-state index in [4.69, 9.17) is 0 Å². The second-order valence-electron chi connectivity index (χ2n) is 6.11. The molecule has 0 atom stereocenters. The van der Waals surface area contributed by atoms with Crippen molar-refractivity contribution in [2.75, 3.05) is 6.54 Å². The summed E-state index contributed by atoms with van der Waals surface area (Å²) >= 11 is 0. The quantitative estimate of drug-likeness (QED) is 0.839. The molecule has 1 N–H and O–H groups in total. The Balaban J connectivity index is 1.83. The van der Waals surface area contributed by atoms with E-state index in [2.05, 4.69) is 29.1 Å². The SMILES string of the molecule is CC(C)CC1(CNCc2cnccn2)CCCC1. The molecule has 0 radical (unpaired) electrons. The summed E-state index contributed by atoms with van der Waals surface area (Å²) < 4.78 is 0. The zero-order valence-corrected chi connectivity index (χ0v) is 11.7. The molecular formula is C15H25N3. The highest BCUT2D eigenvalue weighted by molar-refractivity contribution is 4.95. The predicted molar refractivity (Wildman–Crippen MR) is 74.1 cm³/mol. The molecule has 1 aliphatic rings. The van der Waals surface area contributed by atoms with Gasteiger partial charge < -0.3 is 5.32 Å². The van der Waals surface area contributed by atoms with Crippen LogP contribution >= 0.6 is 0 Å². The van der Waals surface area contributed by atoms with Gasteiger partial charge in [-0.05, 0) is 30.6 Å². The molecule has 18 heavy (non-hydrogen) atoms. The smallest absolute Gasteiger partial charge is 0.0724 e. The lowest BCUT2D eigenvalue weighted by Crippen LogP contribution is -2.33. The first-order valence-electron chi connectivity index (χ1n) is 7.16. The molecule has 0 saturated heterocycles. The largest absolute Gasteiger partial charge is 0.311 e. The Hall–Kier alpha value is -0.960. The number of aromatic nitrogens is 2. The van der Waals surface area contributed by atoms with Gasteiger partial charge in [0.2, 0.25) is 0 Å². The lowest BCUT2D eigenvalue weighted by atomic mass is 9.78. The predicted octanol–water partition coefficient (Wildman–Crippen LogP) is 3.17. The van der Waals surface area contributed by atoms with Gasteiger partial charge in [-0.3, -0.25) is 9.97 Å². The molecule has 0 amide bonds. The molecule has 0 unspecified atom stereocenters. The van der Waals surface area contributed by atoms with E-state index in [1.54, 1.807) is 12.4 Å². The molecule has 100 valence electrons. The lowest BCUT2D eigenvalue weighted by Gasteiger charge is -2.31. The fraction of sp³-hybridized carbons (Fsp3) is 0.733. The van der Waals surface area contributed by atoms with Crippen molar-refractivity contribution in [2.24, 2.45) is 11.3 Å². The average molecular weight is 247 g/mol. The number of hydrogen-bond donors (Lipinski definition) is 1. The minimum Gasteiger partial charge on any atom is -0.311 e. The van der Waals surface area contributed by atoms with Crippen molar-refractivity contribution >= 4 is 0 Å². The van der Waals surface area contributed by atoms with Crippen LogP contribution < -0.4 is 5.32 Å². The van der Waals surface area contributed by atoms with Crippen molar-refractivity contribution in [3.05, 3.63) is 24.3 Å². The monoisotopic (exact) mass is 247 g/mol. The van der Waals surface area contributed by atoms with Gasteiger partial charge in [0.1, 0.15) is 0 Å². The van der Waals surface area contributed by atoms with Gasteiger partial charge in [-0.15, -0.1) is 0 Å². The van der Waals surface area contributed by atoms with Crippen LogP contribution in [-0.2, 0) is 6.54 Å². The van der Waals surface area contributed by atoms with Crippen LogP contribution in [0, 0.1) is 11.3 Å². The van der Waals surface area contributed by atoms with E-state index in [9.17, 15) is 0 Å². The number of nitrogens with zero attached hydrogens (tertiary/aromatic N) is 2. The van der Waals surface area contributed by atoms with Crippen LogP contribution in [0.2, 0.25) is 0 Å². The van der Waals surface area contributed by atoms with Crippen LogP contribution in [0.4, 0.5) is 0 Å². The Labute approximate surface area is 110 Å². The van der Waals surface area contributed by atoms with E-state index >= 15 is 0 Å². The van der Waals surface area contributed by atoms with E-state index in [1.165, 1.54) is 32.1 Å². The standard InChI is InChI=1S/C15H25N3/c1-13(2)9-15(5-3-4-6-15)12-17-11-14-10-16-7-8-18-14/h7-8,10,13,17H,3-6,9,11-12H2,1-2H3. The molecule has 0 bridgehead atoms. The Kier molecular flexibility index (Phi) is 4.70. The van der Waals surface area contributed by atoms with Crippen LogP contribution in [0.15, 0.2) is 18.6 Å². The molecule has 1 aliphatic carbocycles. The van der Waals surface area contributed by atoms with Gasteiger partial charge >= 0.3 is 0 Å². The van der Waals surface area contributed by atoms with Gasteiger partial charge in [-0.2, -0.15) is 0 Å². The first kappa shape index (κ1) is 13.5. The second-order valence-corrected chi connectivity index (χ2v) is 6.11. The van der Waals surface area contributed by atoms with Crippen molar-refractivity contribution in [1.29, 1.82) is 0 Å². The summed E-state index contributed by atoms with van der Waals surface area (Å²) in [4.78, 5) is 8.40. The summed E-state index contributed by atoms with van der Waals surface area (Å²) in [6, 6.07) is 0. The summed E-state index contributed by atoms with van der Waals surface area (Å²) in [6.07, 6.45) is 12.3. The zero-order valence-electron chi connectivity index (χ0n) is 11.7. The molecular weight excluding hydrogens is 222 g/mol. The summed E-state index contributed by atoms with van der Waals surface area (Å²) in [7, 11) is 0. The second kappa shape index (κ2) is 6.28. The van der Waals surface area contributed by atoms with Crippen molar-refractivity contribution in [2.45, 2.75) is 52.5 Å². The van der Waals surface area contributed by atoms with Crippen molar-refractivity contribution in [3.63, 3.8) is 0 Å². The summed E-state index contributed by atoms with van der Waals surface area (Å²) in [6.45, 7) is 6.64. The van der Waals surface area contributed by atoms with E-state index in [-0.39, 0.29) is 0 Å². The molecule has 0 aromatic carbocycles. The highest BCUT2D eigenvalue weighted by Crippen LogP contribution is 2.42. The molecule has 1 aromatic heterocycles. The third-order valence-electron chi connectivity index (χ3n) is 3.93. The number of nitrogens with one attached hydrogen (secondary N) is 1. The van der Waals surface area contributed by atoms with Crippen LogP contribution in [0.1, 0.15) is 51.6 Å². The molecule has 3 nitrogen and oxygen atoms in total. The van der Waals surface area contributed by atoms with Gasteiger partial charge in [-0.25, -0.2) is 0 Å². The summed E-state index contributed by atoms with van der Waals surface area (Å²) in [5.41, 5.74) is 1.58. The van der Waals surface area contributed by atoms with Crippen molar-refractivity contribution < 1.29 is 0 Å². The fourth-order valence-electron chi connectivity index (χ4n) is 3.32. The van der Waals surface area contributed by atoms with Gasteiger partial charge in [0.25, 0.3) is 0 Å². The van der Waals surface area contributed by atoms with Gasteiger partial charge in [0, 0.05) is 31.7 Å². The lowest BCUT2D eigenvalue weighted by molar-refractivity contribution is 0.223. The maximum atomic E-state index is 4.30. The molecule has 1 fully saturated rings. The summed E-state index contributed by atoms with van der Waals surface area (Å²) in [5, 5.41) is 3.59. The minimum atomic E-state index is 0.538. The van der Waals surface area contributed by atoms with E-state index in [1.807, 2.05) is 6.20 Å². The van der Waals surface area contributed by atoms with E-state index in [0.29, 0.717) is 5.41 Å². The van der Waals surface area contributed by atoms with Crippen molar-refractivity contribution in [3.8, 4) is 0 Å². The molecule has 2 rings (SSSR count). The van der Waals surface area contributed by atoms with Crippen LogP contribution in [0.5, 0.6) is 0 Å². The van der Waals surface area contributed by atoms with Gasteiger partial charge in [0.05, 0.1) is 5.69 Å². The number of rotatable bonds is 6. The third-order valence-corrected chi connectivity index (χ3v) is 3.93. The van der Waals surface area contributed by atoms with Crippen LogP contribution in [0.25, 0.3) is 0 Å². The van der Waals surface area contributed by atoms with E-state index < -0.39 is 0 Å². The normalized spacial score (nSPS) is 18.4. The Bertz CT molecular complexity index is 342. The third kappa shape index (κ3) is 3.77. The summed E-state index contributed by atoms with van der Waals surface area (Å²) in [5.74, 6) is 0.793. The maximum absolute atomic E-state index is 4.30. The van der Waals surface area contributed by atoms with Gasteiger partial charge in [-0.1, -0.05) is 26.7 Å². The van der Waals surface area contributed by atoms with Crippen LogP contribution in [-0.4, -0.2) is 16.5 Å². The Morgan fingerprint density at radius 2 is 2.06 bits per heavy atom. The molecule has 1 aromatic rings. The van der Waals surface area contributed by atoms with Crippen molar-refractivity contribution in [1.82, 2.24) is 15.3 Å². The van der Waals surface area contributed by atoms with E-state index in [0.717, 1.165) is 24.7 Å². The topological polar surface area (TPSA) is 37.8 Å². The first-order valence-corrected chi connectivity index (χ1v) is 7.16. The Morgan fingerprint density at radius 1 is 1.28 bits per heavy atom. The highest BCUT2D eigenvalue weighted by atomic mass is 14.9. The fourth-order valence-corrected chi connectivity index (χ4v) is 3.32. The molecule has 3 heteroatoms. The highest BCUT2D eigenvalue weighted by Gasteiger charge is 2.33.